The number of hydrogen-bond acceptors (Lipinski definition) is 1. The highest BCUT2D eigenvalue weighted by Crippen LogP contribution is 2.29. The molecule has 0 aliphatic carbocycles. The van der Waals surface area contributed by atoms with E-state index in [1.54, 1.807) is 0 Å². The molecule has 12 heavy (non-hydrogen) atoms. The van der Waals surface area contributed by atoms with Crippen LogP contribution in [0.5, 0.6) is 0 Å². The van der Waals surface area contributed by atoms with Gasteiger partial charge in [0.1, 0.15) is 0 Å². The first kappa shape index (κ1) is 11.3. The Morgan fingerprint density at radius 1 is 1.33 bits per heavy atom. The summed E-state index contributed by atoms with van der Waals surface area (Å²) >= 11 is 0. The van der Waals surface area contributed by atoms with Gasteiger partial charge in [-0.1, -0.05) is 6.58 Å². The highest BCUT2D eigenvalue weighted by molar-refractivity contribution is 4.78. The maximum absolute atomic E-state index is 12.5. The maximum Gasteiger partial charge on any atom is 0.270 e. The molecule has 0 saturated carbocycles. The van der Waals surface area contributed by atoms with E-state index in [1.807, 2.05) is 0 Å². The lowest BCUT2D eigenvalue weighted by Gasteiger charge is -2.19. The maximum atomic E-state index is 12.5. The van der Waals surface area contributed by atoms with E-state index in [9.17, 15) is 17.6 Å². The summed E-state index contributed by atoms with van der Waals surface area (Å²) in [5, 5.41) is 2.09. The molecule has 0 rings (SSSR count). The summed E-state index contributed by atoms with van der Waals surface area (Å²) in [6.07, 6.45) is -0.400. The average molecular weight is 185 g/mol. The lowest BCUT2D eigenvalue weighted by molar-refractivity contribution is -0.0971. The molecule has 0 atom stereocenters. The third-order valence-electron chi connectivity index (χ3n) is 1.07. The summed E-state index contributed by atoms with van der Waals surface area (Å²) in [4.78, 5) is 0. The standard InChI is InChI=1S/C7H11F4N/c1-3-12-5-7(10,11)4-6(2,8)9/h3,12H,1,4-5H2,2H3. The van der Waals surface area contributed by atoms with Gasteiger partial charge >= 0.3 is 0 Å². The highest BCUT2D eigenvalue weighted by atomic mass is 19.3. The number of alkyl halides is 4. The van der Waals surface area contributed by atoms with Gasteiger partial charge in [-0.25, -0.2) is 17.6 Å². The normalized spacial score (nSPS) is 12.8. The first-order valence-corrected chi connectivity index (χ1v) is 3.37. The molecule has 5 heteroatoms. The van der Waals surface area contributed by atoms with E-state index in [-0.39, 0.29) is 0 Å². The van der Waals surface area contributed by atoms with Gasteiger partial charge in [-0.2, -0.15) is 0 Å². The van der Waals surface area contributed by atoms with Crippen molar-refractivity contribution in [2.45, 2.75) is 25.2 Å². The van der Waals surface area contributed by atoms with Crippen LogP contribution < -0.4 is 5.32 Å². The van der Waals surface area contributed by atoms with Gasteiger partial charge < -0.3 is 5.32 Å². The first-order chi connectivity index (χ1) is 5.27. The summed E-state index contributed by atoms with van der Waals surface area (Å²) in [7, 11) is 0. The smallest absolute Gasteiger partial charge is 0.270 e. The van der Waals surface area contributed by atoms with Gasteiger partial charge in [-0.15, -0.1) is 0 Å². The van der Waals surface area contributed by atoms with E-state index in [4.69, 9.17) is 0 Å². The molecule has 0 unspecified atom stereocenters. The minimum atomic E-state index is -3.40. The zero-order valence-electron chi connectivity index (χ0n) is 6.71. The molecule has 0 bridgehead atoms. The lowest BCUT2D eigenvalue weighted by atomic mass is 10.1. The van der Waals surface area contributed by atoms with E-state index in [0.717, 1.165) is 6.20 Å². The van der Waals surface area contributed by atoms with Gasteiger partial charge in [0.2, 0.25) is 0 Å². The molecule has 0 aromatic rings. The van der Waals surface area contributed by atoms with Crippen molar-refractivity contribution in [3.63, 3.8) is 0 Å². The van der Waals surface area contributed by atoms with Gasteiger partial charge in [-0.05, 0) is 13.1 Å². The molecule has 72 valence electrons. The van der Waals surface area contributed by atoms with E-state index in [0.29, 0.717) is 6.92 Å². The van der Waals surface area contributed by atoms with Gasteiger partial charge in [0.05, 0.1) is 13.0 Å². The van der Waals surface area contributed by atoms with Gasteiger partial charge in [0, 0.05) is 0 Å². The molecule has 0 amide bonds. The van der Waals surface area contributed by atoms with E-state index in [2.05, 4.69) is 11.9 Å². The monoisotopic (exact) mass is 185 g/mol. The Balaban J connectivity index is 3.94. The largest absolute Gasteiger partial charge is 0.385 e. The van der Waals surface area contributed by atoms with Crippen molar-refractivity contribution >= 4 is 0 Å². The molecule has 1 N–H and O–H groups in total. The summed E-state index contributed by atoms with van der Waals surface area (Å²) in [6.45, 7) is 2.79. The molecule has 0 spiro atoms. The van der Waals surface area contributed by atoms with Crippen molar-refractivity contribution in [3.8, 4) is 0 Å². The fourth-order valence-corrected chi connectivity index (χ4v) is 0.738. The minimum Gasteiger partial charge on any atom is -0.385 e. The molecule has 0 aromatic carbocycles. The summed E-state index contributed by atoms with van der Waals surface area (Å²) in [5.41, 5.74) is 0. The van der Waals surface area contributed by atoms with Crippen molar-refractivity contribution in [2.24, 2.45) is 0 Å². The van der Waals surface area contributed by atoms with E-state index >= 15 is 0 Å². The molecule has 0 radical (unpaired) electrons. The Morgan fingerprint density at radius 2 is 1.83 bits per heavy atom. The van der Waals surface area contributed by atoms with Crippen molar-refractivity contribution < 1.29 is 17.6 Å². The van der Waals surface area contributed by atoms with Crippen LogP contribution in [0.25, 0.3) is 0 Å². The van der Waals surface area contributed by atoms with Crippen LogP contribution in [0.1, 0.15) is 13.3 Å². The topological polar surface area (TPSA) is 12.0 Å². The van der Waals surface area contributed by atoms with E-state index < -0.39 is 24.8 Å². The van der Waals surface area contributed by atoms with Crippen LogP contribution in [0.3, 0.4) is 0 Å². The van der Waals surface area contributed by atoms with Crippen molar-refractivity contribution in [3.05, 3.63) is 12.8 Å². The van der Waals surface area contributed by atoms with Gasteiger partial charge in [0.15, 0.2) is 0 Å². The van der Waals surface area contributed by atoms with Crippen LogP contribution in [-0.2, 0) is 0 Å². The Morgan fingerprint density at radius 3 is 2.17 bits per heavy atom. The molecule has 0 fully saturated rings. The Kier molecular flexibility index (Phi) is 3.55. The summed E-state index contributed by atoms with van der Waals surface area (Å²) in [6, 6.07) is 0. The number of hydrogen-bond donors (Lipinski definition) is 1. The van der Waals surface area contributed by atoms with Crippen LogP contribution in [0, 0.1) is 0 Å². The summed E-state index contributed by atoms with van der Waals surface area (Å²) < 4.78 is 49.3. The molecule has 0 heterocycles. The molecule has 0 aromatic heterocycles. The second-order valence-electron chi connectivity index (χ2n) is 2.69. The summed E-state index contributed by atoms with van der Waals surface area (Å²) in [5.74, 6) is -6.74. The van der Waals surface area contributed by atoms with E-state index in [1.165, 1.54) is 0 Å². The third kappa shape index (κ3) is 6.00. The second kappa shape index (κ2) is 3.78. The zero-order chi connectivity index (χ0) is 9.83. The quantitative estimate of drug-likeness (QED) is 0.648. The first-order valence-electron chi connectivity index (χ1n) is 3.37. The minimum absolute atomic E-state index is 0.467. The van der Waals surface area contributed by atoms with Crippen molar-refractivity contribution in [2.75, 3.05) is 6.54 Å². The fraction of sp³-hybridized carbons (Fsp3) is 0.714. The molecule has 0 aliphatic heterocycles. The Hall–Kier alpha value is -0.740. The molecule has 0 saturated heterocycles. The number of rotatable bonds is 5. The SMILES string of the molecule is C=CNCC(F)(F)CC(C)(F)F. The highest BCUT2D eigenvalue weighted by Gasteiger charge is 2.39. The van der Waals surface area contributed by atoms with Crippen molar-refractivity contribution in [1.82, 2.24) is 5.32 Å². The van der Waals surface area contributed by atoms with Crippen molar-refractivity contribution in [1.29, 1.82) is 0 Å². The number of nitrogens with one attached hydrogen (secondary N) is 1. The fourth-order valence-electron chi connectivity index (χ4n) is 0.738. The van der Waals surface area contributed by atoms with Crippen LogP contribution in [-0.4, -0.2) is 18.4 Å². The Bertz CT molecular complexity index is 150. The van der Waals surface area contributed by atoms with Crippen LogP contribution >= 0.6 is 0 Å². The molecular weight excluding hydrogens is 174 g/mol. The molecular formula is C7H11F4N. The van der Waals surface area contributed by atoms with Crippen LogP contribution in [0.15, 0.2) is 12.8 Å². The predicted molar refractivity (Wildman–Crippen MR) is 38.4 cm³/mol. The molecule has 0 aliphatic rings. The van der Waals surface area contributed by atoms with Gasteiger partial charge in [-0.3, -0.25) is 0 Å². The number of halogens is 4. The predicted octanol–water partition coefficient (Wildman–Crippen LogP) is 2.40. The third-order valence-corrected chi connectivity index (χ3v) is 1.07. The van der Waals surface area contributed by atoms with Crippen LogP contribution in [0.4, 0.5) is 17.6 Å². The van der Waals surface area contributed by atoms with Crippen LogP contribution in [0.2, 0.25) is 0 Å². The van der Waals surface area contributed by atoms with Gasteiger partial charge in [0.25, 0.3) is 11.8 Å². The Labute approximate surface area is 68.5 Å². The lowest BCUT2D eigenvalue weighted by Crippen LogP contribution is -2.35. The molecule has 1 nitrogen and oxygen atoms in total. The zero-order valence-corrected chi connectivity index (χ0v) is 6.71. The second-order valence-corrected chi connectivity index (χ2v) is 2.69. The average Bonchev–Trinajstić information content (AvgIpc) is 1.78.